The van der Waals surface area contributed by atoms with Crippen LogP contribution >= 0.6 is 0 Å². The first-order valence-corrected chi connectivity index (χ1v) is 9.63. The van der Waals surface area contributed by atoms with Gasteiger partial charge in [-0.15, -0.1) is 0 Å². The lowest BCUT2D eigenvalue weighted by atomic mass is 9.97. The fraction of sp³-hybridized carbons (Fsp3) is 0.381. The minimum atomic E-state index is -0.325. The highest BCUT2D eigenvalue weighted by molar-refractivity contribution is 6.05. The Morgan fingerprint density at radius 2 is 2.03 bits per heavy atom. The molecule has 8 heteroatoms. The van der Waals surface area contributed by atoms with Gasteiger partial charge in [-0.3, -0.25) is 19.3 Å². The van der Waals surface area contributed by atoms with Crippen molar-refractivity contribution in [3.63, 3.8) is 0 Å². The zero-order valence-corrected chi connectivity index (χ0v) is 16.5. The van der Waals surface area contributed by atoms with Crippen molar-refractivity contribution in [2.24, 2.45) is 11.7 Å². The summed E-state index contributed by atoms with van der Waals surface area (Å²) in [5.74, 6) is -0.338. The summed E-state index contributed by atoms with van der Waals surface area (Å²) in [4.78, 5) is 40.4. The summed E-state index contributed by atoms with van der Waals surface area (Å²) >= 11 is 0. The van der Waals surface area contributed by atoms with E-state index in [0.717, 1.165) is 19.4 Å². The minimum Gasteiger partial charge on any atom is -0.467 e. The Morgan fingerprint density at radius 1 is 1.24 bits per heavy atom. The first-order chi connectivity index (χ1) is 14.0. The monoisotopic (exact) mass is 398 g/mol. The van der Waals surface area contributed by atoms with E-state index in [1.165, 1.54) is 4.90 Å². The van der Waals surface area contributed by atoms with Gasteiger partial charge in [0.25, 0.3) is 5.91 Å². The van der Waals surface area contributed by atoms with Gasteiger partial charge in [-0.05, 0) is 43.7 Å². The molecule has 0 unspecified atom stereocenters. The van der Waals surface area contributed by atoms with Gasteiger partial charge < -0.3 is 20.4 Å². The fourth-order valence-electron chi connectivity index (χ4n) is 3.50. The van der Waals surface area contributed by atoms with Gasteiger partial charge in [0.05, 0.1) is 36.5 Å². The third-order valence-electron chi connectivity index (χ3n) is 5.15. The predicted octanol–water partition coefficient (Wildman–Crippen LogP) is 1.37. The third-order valence-corrected chi connectivity index (χ3v) is 5.15. The molecule has 8 nitrogen and oxygen atoms in total. The second-order valence-electron chi connectivity index (χ2n) is 7.21. The van der Waals surface area contributed by atoms with E-state index in [0.29, 0.717) is 23.6 Å². The van der Waals surface area contributed by atoms with Crippen molar-refractivity contribution in [1.82, 2.24) is 10.2 Å². The van der Waals surface area contributed by atoms with Gasteiger partial charge in [0, 0.05) is 13.6 Å². The molecule has 3 N–H and O–H groups in total. The van der Waals surface area contributed by atoms with Gasteiger partial charge >= 0.3 is 0 Å². The largest absolute Gasteiger partial charge is 0.467 e. The van der Waals surface area contributed by atoms with E-state index >= 15 is 0 Å². The van der Waals surface area contributed by atoms with E-state index in [9.17, 15) is 14.4 Å². The average molecular weight is 398 g/mol. The molecule has 154 valence electrons. The SMILES string of the molecule is CN(C(=O)CN1CCC[C@H](C(N)=O)C1)c1ccccc1C(=O)NCc1ccco1. The summed E-state index contributed by atoms with van der Waals surface area (Å²) in [5, 5.41) is 2.80. The number of likely N-dealkylation sites (tertiary alicyclic amines) is 1. The van der Waals surface area contributed by atoms with Gasteiger partial charge in [-0.1, -0.05) is 12.1 Å². The van der Waals surface area contributed by atoms with E-state index in [2.05, 4.69) is 5.32 Å². The number of nitrogens with zero attached hydrogens (tertiary/aromatic N) is 2. The molecule has 2 aromatic rings. The number of anilines is 1. The summed E-state index contributed by atoms with van der Waals surface area (Å²) in [7, 11) is 1.65. The number of benzene rings is 1. The molecule has 1 atom stereocenters. The second-order valence-corrected chi connectivity index (χ2v) is 7.21. The topological polar surface area (TPSA) is 109 Å². The van der Waals surface area contributed by atoms with E-state index in [-0.39, 0.29) is 36.7 Å². The van der Waals surface area contributed by atoms with Crippen molar-refractivity contribution < 1.29 is 18.8 Å². The quantitative estimate of drug-likeness (QED) is 0.732. The smallest absolute Gasteiger partial charge is 0.253 e. The normalized spacial score (nSPS) is 16.9. The van der Waals surface area contributed by atoms with E-state index in [4.69, 9.17) is 10.2 Å². The Balaban J connectivity index is 1.65. The maximum atomic E-state index is 12.8. The first-order valence-electron chi connectivity index (χ1n) is 9.63. The molecule has 2 heterocycles. The van der Waals surface area contributed by atoms with Gasteiger partial charge in [0.2, 0.25) is 11.8 Å². The molecule has 0 saturated carbocycles. The van der Waals surface area contributed by atoms with Crippen molar-refractivity contribution in [2.75, 3.05) is 31.6 Å². The zero-order chi connectivity index (χ0) is 20.8. The molecule has 1 aliphatic rings. The third kappa shape index (κ3) is 5.23. The number of piperidine rings is 1. The number of hydrogen-bond donors (Lipinski definition) is 2. The van der Waals surface area contributed by atoms with Crippen molar-refractivity contribution in [1.29, 1.82) is 0 Å². The number of hydrogen-bond acceptors (Lipinski definition) is 5. The number of likely N-dealkylation sites (N-methyl/N-ethyl adjacent to an activating group) is 1. The number of carbonyl (C=O) groups is 3. The van der Waals surface area contributed by atoms with Crippen LogP contribution in [0.3, 0.4) is 0 Å². The summed E-state index contributed by atoms with van der Waals surface area (Å²) in [6, 6.07) is 10.5. The molecule has 29 heavy (non-hydrogen) atoms. The van der Waals surface area contributed by atoms with Gasteiger partial charge in [-0.25, -0.2) is 0 Å². The number of rotatable bonds is 7. The Bertz CT molecular complexity index is 865. The Hall–Kier alpha value is -3.13. The summed E-state index contributed by atoms with van der Waals surface area (Å²) < 4.78 is 5.23. The Labute approximate surface area is 169 Å². The van der Waals surface area contributed by atoms with E-state index in [1.807, 2.05) is 4.90 Å². The molecule has 3 rings (SSSR count). The number of nitrogens with two attached hydrogens (primary N) is 1. The van der Waals surface area contributed by atoms with Gasteiger partial charge in [-0.2, -0.15) is 0 Å². The maximum Gasteiger partial charge on any atom is 0.253 e. The summed E-state index contributed by atoms with van der Waals surface area (Å²) in [5.41, 5.74) is 6.35. The van der Waals surface area contributed by atoms with Gasteiger partial charge in [0.1, 0.15) is 5.76 Å². The number of furan rings is 1. The second kappa shape index (κ2) is 9.38. The highest BCUT2D eigenvalue weighted by Crippen LogP contribution is 2.21. The highest BCUT2D eigenvalue weighted by Gasteiger charge is 2.27. The lowest BCUT2D eigenvalue weighted by Gasteiger charge is -2.32. The molecule has 0 aliphatic carbocycles. The minimum absolute atomic E-state index is 0.151. The predicted molar refractivity (Wildman–Crippen MR) is 108 cm³/mol. The van der Waals surface area contributed by atoms with Crippen LogP contribution in [0.1, 0.15) is 29.0 Å². The first kappa shape index (κ1) is 20.6. The molecule has 1 fully saturated rings. The number of amides is 3. The van der Waals surface area contributed by atoms with Crippen LogP contribution in [-0.2, 0) is 16.1 Å². The molecule has 0 radical (unpaired) electrons. The lowest BCUT2D eigenvalue weighted by molar-refractivity contribution is -0.125. The van der Waals surface area contributed by atoms with Crippen LogP contribution in [0, 0.1) is 5.92 Å². The number of para-hydroxylation sites is 1. The van der Waals surface area contributed by atoms with Crippen molar-refractivity contribution in [3.8, 4) is 0 Å². The number of nitrogens with one attached hydrogen (secondary N) is 1. The molecule has 1 aromatic carbocycles. The zero-order valence-electron chi connectivity index (χ0n) is 16.5. The molecule has 1 aliphatic heterocycles. The molecule has 0 bridgehead atoms. The van der Waals surface area contributed by atoms with E-state index in [1.54, 1.807) is 49.7 Å². The van der Waals surface area contributed by atoms with Crippen molar-refractivity contribution in [2.45, 2.75) is 19.4 Å². The van der Waals surface area contributed by atoms with Crippen LogP contribution in [0.2, 0.25) is 0 Å². The Morgan fingerprint density at radius 3 is 2.76 bits per heavy atom. The molecule has 3 amide bonds. The van der Waals surface area contributed by atoms with Crippen LogP contribution < -0.4 is 16.0 Å². The average Bonchev–Trinajstić information content (AvgIpc) is 3.25. The van der Waals surface area contributed by atoms with Crippen LogP contribution in [0.4, 0.5) is 5.69 Å². The number of carbonyl (C=O) groups excluding carboxylic acids is 3. The van der Waals surface area contributed by atoms with Crippen LogP contribution in [0.5, 0.6) is 0 Å². The standard InChI is InChI=1S/C21H26N4O4/c1-24(19(26)14-25-10-4-6-15(13-25)20(22)27)18-9-3-2-8-17(18)21(28)23-12-16-7-5-11-29-16/h2-3,5,7-9,11,15H,4,6,10,12-14H2,1H3,(H2,22,27)(H,23,28)/t15-/m0/s1. The molecule has 1 aromatic heterocycles. The number of primary amides is 1. The molecule has 0 spiro atoms. The fourth-order valence-corrected chi connectivity index (χ4v) is 3.50. The molecular weight excluding hydrogens is 372 g/mol. The molecule has 1 saturated heterocycles. The van der Waals surface area contributed by atoms with Crippen LogP contribution in [-0.4, -0.2) is 49.3 Å². The van der Waals surface area contributed by atoms with Crippen molar-refractivity contribution >= 4 is 23.4 Å². The summed E-state index contributed by atoms with van der Waals surface area (Å²) in [6.45, 7) is 1.66. The lowest BCUT2D eigenvalue weighted by Crippen LogP contribution is -2.46. The van der Waals surface area contributed by atoms with Crippen molar-refractivity contribution in [3.05, 3.63) is 54.0 Å². The van der Waals surface area contributed by atoms with Crippen LogP contribution in [0.15, 0.2) is 47.1 Å². The summed E-state index contributed by atoms with van der Waals surface area (Å²) in [6.07, 6.45) is 3.14. The maximum absolute atomic E-state index is 12.8. The van der Waals surface area contributed by atoms with Gasteiger partial charge in [0.15, 0.2) is 0 Å². The highest BCUT2D eigenvalue weighted by atomic mass is 16.3. The Kier molecular flexibility index (Phi) is 6.66. The molecular formula is C21H26N4O4. The van der Waals surface area contributed by atoms with E-state index < -0.39 is 0 Å². The van der Waals surface area contributed by atoms with Crippen LogP contribution in [0.25, 0.3) is 0 Å².